The van der Waals surface area contributed by atoms with Crippen LogP contribution in [0.1, 0.15) is 0 Å². The van der Waals surface area contributed by atoms with Crippen molar-refractivity contribution in [3.63, 3.8) is 0 Å². The van der Waals surface area contributed by atoms with E-state index in [0.717, 1.165) is 82.5 Å². The van der Waals surface area contributed by atoms with Crippen LogP contribution in [0.2, 0.25) is 0 Å². The molecule has 0 amide bonds. The quantitative estimate of drug-likeness (QED) is 0.156. The molecule has 0 saturated heterocycles. The first-order valence-electron chi connectivity index (χ1n) is 25.2. The van der Waals surface area contributed by atoms with Crippen molar-refractivity contribution >= 4 is 86.3 Å². The Hall–Kier alpha value is -9.90. The molecule has 0 saturated carbocycles. The maximum absolute atomic E-state index is 5.38. The van der Waals surface area contributed by atoms with Gasteiger partial charge in [0.05, 0.1) is 11.2 Å². The highest BCUT2D eigenvalue weighted by Gasteiger charge is 2.20. The number of benzene rings is 13. The van der Waals surface area contributed by atoms with E-state index < -0.39 is 0 Å². The molecular formula is C70H42N4. The van der Waals surface area contributed by atoms with Gasteiger partial charge in [-0.1, -0.05) is 224 Å². The van der Waals surface area contributed by atoms with Crippen LogP contribution in [-0.2, 0) is 0 Å². The van der Waals surface area contributed by atoms with Gasteiger partial charge in [0.1, 0.15) is 0 Å². The van der Waals surface area contributed by atoms with E-state index in [1.807, 2.05) is 0 Å². The summed E-state index contributed by atoms with van der Waals surface area (Å²) < 4.78 is 0. The van der Waals surface area contributed by atoms with Gasteiger partial charge in [-0.05, 0) is 117 Å². The summed E-state index contributed by atoms with van der Waals surface area (Å²) in [6, 6.07) is 91.3. The Morgan fingerprint density at radius 3 is 1.22 bits per heavy atom. The van der Waals surface area contributed by atoms with Crippen molar-refractivity contribution in [2.24, 2.45) is 0 Å². The average molecular weight is 939 g/mol. The molecule has 0 spiro atoms. The number of rotatable bonds is 6. The minimum atomic E-state index is 0.620. The molecule has 74 heavy (non-hydrogen) atoms. The highest BCUT2D eigenvalue weighted by atomic mass is 15.0. The van der Waals surface area contributed by atoms with Crippen molar-refractivity contribution in [3.05, 3.63) is 255 Å². The van der Waals surface area contributed by atoms with Gasteiger partial charge in [-0.2, -0.15) is 0 Å². The maximum atomic E-state index is 5.38. The Morgan fingerprint density at radius 1 is 0.203 bits per heavy atom. The number of pyridine rings is 1. The van der Waals surface area contributed by atoms with E-state index in [2.05, 4.69) is 255 Å². The molecule has 0 aliphatic carbocycles. The van der Waals surface area contributed by atoms with Gasteiger partial charge in [0.2, 0.25) is 0 Å². The summed E-state index contributed by atoms with van der Waals surface area (Å²) in [7, 11) is 0. The third-order valence-electron chi connectivity index (χ3n) is 15.1. The molecule has 0 bridgehead atoms. The molecule has 0 N–H and O–H groups in total. The molecule has 15 aromatic rings. The number of fused-ring (bicyclic) bond motifs is 12. The fourth-order valence-electron chi connectivity index (χ4n) is 11.5. The molecule has 2 aromatic heterocycles. The van der Waals surface area contributed by atoms with Crippen molar-refractivity contribution < 1.29 is 0 Å². The van der Waals surface area contributed by atoms with E-state index in [1.54, 1.807) is 0 Å². The summed E-state index contributed by atoms with van der Waals surface area (Å²) in [5.74, 6) is 1.90. The molecule has 13 aromatic carbocycles. The summed E-state index contributed by atoms with van der Waals surface area (Å²) in [6.45, 7) is 0. The van der Waals surface area contributed by atoms with Crippen LogP contribution >= 0.6 is 0 Å². The van der Waals surface area contributed by atoms with Crippen LogP contribution in [0, 0.1) is 0 Å². The molecule has 0 atom stereocenters. The number of hydrogen-bond donors (Lipinski definition) is 0. The fraction of sp³-hybridized carbons (Fsp3) is 0. The summed E-state index contributed by atoms with van der Waals surface area (Å²) in [4.78, 5) is 21.4. The zero-order chi connectivity index (χ0) is 48.7. The monoisotopic (exact) mass is 938 g/mol. The minimum absolute atomic E-state index is 0.620. The molecule has 0 aliphatic rings. The highest BCUT2D eigenvalue weighted by molar-refractivity contribution is 6.25. The summed E-state index contributed by atoms with van der Waals surface area (Å²) in [5, 5.41) is 17.6. The molecule has 0 unspecified atom stereocenters. The molecule has 342 valence electrons. The first-order valence-corrected chi connectivity index (χ1v) is 25.2. The lowest BCUT2D eigenvalue weighted by atomic mass is 9.89. The van der Waals surface area contributed by atoms with Crippen LogP contribution in [0.3, 0.4) is 0 Å². The highest BCUT2D eigenvalue weighted by Crippen LogP contribution is 2.43. The lowest BCUT2D eigenvalue weighted by Gasteiger charge is -2.16. The first-order chi connectivity index (χ1) is 36.7. The zero-order valence-corrected chi connectivity index (χ0v) is 40.0. The second-order valence-corrected chi connectivity index (χ2v) is 19.3. The number of para-hydroxylation sites is 1. The third-order valence-corrected chi connectivity index (χ3v) is 15.1. The Morgan fingerprint density at radius 2 is 0.622 bits per heavy atom. The standard InChI is InChI=1S/C70H42N4/c1-2-16-48-39-51(38-33-43(48)15-1)67-64-42-61(58-25-11-12-26-59(58)66(64)60-27-13-14-28-65(60)71-67)46-34-29-44(30-35-46)45-31-36-47(37-32-45)68-72-69(62-40-49-17-3-5-19-52(49)54-21-7-9-23-56(54)62)74-70(73-68)63-41-50-18-4-6-20-53(50)55-22-8-10-24-57(55)63/h1-42H. The summed E-state index contributed by atoms with van der Waals surface area (Å²) in [5.41, 5.74) is 10.5. The maximum Gasteiger partial charge on any atom is 0.164 e. The van der Waals surface area contributed by atoms with Gasteiger partial charge in [0.25, 0.3) is 0 Å². The second-order valence-electron chi connectivity index (χ2n) is 19.3. The van der Waals surface area contributed by atoms with Crippen molar-refractivity contribution in [2.75, 3.05) is 0 Å². The normalized spacial score (nSPS) is 11.8. The fourth-order valence-corrected chi connectivity index (χ4v) is 11.5. The molecule has 0 radical (unpaired) electrons. The number of aromatic nitrogens is 4. The van der Waals surface area contributed by atoms with Crippen LogP contribution in [0.15, 0.2) is 255 Å². The summed E-state index contributed by atoms with van der Waals surface area (Å²) >= 11 is 0. The SMILES string of the molecule is c1ccc2cc(-c3nc4ccccc4c4c3cc(-c3ccc(-c5ccc(-c6nc(-c7cc8ccccc8c8ccccc78)nc(-c7cc8ccccc8c8ccccc78)n6)cc5)cc3)c3ccccc34)ccc2c1. The van der Waals surface area contributed by atoms with Gasteiger partial charge in [-0.25, -0.2) is 19.9 Å². The minimum Gasteiger partial charge on any atom is -0.247 e. The lowest BCUT2D eigenvalue weighted by Crippen LogP contribution is -2.01. The Balaban J connectivity index is 0.849. The predicted octanol–water partition coefficient (Wildman–Crippen LogP) is 18.5. The molecule has 15 rings (SSSR count). The van der Waals surface area contributed by atoms with E-state index in [4.69, 9.17) is 19.9 Å². The number of nitrogens with zero attached hydrogens (tertiary/aromatic N) is 4. The van der Waals surface area contributed by atoms with Gasteiger partial charge in [-0.3, -0.25) is 0 Å². The molecule has 0 aliphatic heterocycles. The van der Waals surface area contributed by atoms with Crippen LogP contribution in [0.25, 0.3) is 154 Å². The Bertz CT molecular complexity index is 4630. The smallest absolute Gasteiger partial charge is 0.164 e. The van der Waals surface area contributed by atoms with Crippen LogP contribution in [0.4, 0.5) is 0 Å². The molecule has 0 fully saturated rings. The molecule has 4 heteroatoms. The predicted molar refractivity (Wildman–Crippen MR) is 310 cm³/mol. The molecule has 4 nitrogen and oxygen atoms in total. The van der Waals surface area contributed by atoms with Gasteiger partial charge in [0.15, 0.2) is 17.5 Å². The van der Waals surface area contributed by atoms with E-state index in [0.29, 0.717) is 17.5 Å². The second kappa shape index (κ2) is 16.9. The Kier molecular flexibility index (Phi) is 9.54. The van der Waals surface area contributed by atoms with Crippen molar-refractivity contribution in [3.8, 4) is 67.7 Å². The zero-order valence-electron chi connectivity index (χ0n) is 40.0. The lowest BCUT2D eigenvalue weighted by molar-refractivity contribution is 1.08. The van der Waals surface area contributed by atoms with Crippen molar-refractivity contribution in [1.82, 2.24) is 19.9 Å². The van der Waals surface area contributed by atoms with Crippen molar-refractivity contribution in [1.29, 1.82) is 0 Å². The third kappa shape index (κ3) is 6.84. The van der Waals surface area contributed by atoms with Gasteiger partial charge < -0.3 is 0 Å². The van der Waals surface area contributed by atoms with Crippen LogP contribution < -0.4 is 0 Å². The summed E-state index contributed by atoms with van der Waals surface area (Å²) in [6.07, 6.45) is 0. The van der Waals surface area contributed by atoms with E-state index in [-0.39, 0.29) is 0 Å². The number of hydrogen-bond acceptors (Lipinski definition) is 4. The topological polar surface area (TPSA) is 51.6 Å². The van der Waals surface area contributed by atoms with E-state index in [9.17, 15) is 0 Å². The van der Waals surface area contributed by atoms with Crippen molar-refractivity contribution in [2.45, 2.75) is 0 Å². The van der Waals surface area contributed by atoms with Gasteiger partial charge >= 0.3 is 0 Å². The van der Waals surface area contributed by atoms with Gasteiger partial charge in [-0.15, -0.1) is 0 Å². The van der Waals surface area contributed by atoms with E-state index in [1.165, 1.54) is 54.0 Å². The largest absolute Gasteiger partial charge is 0.247 e. The van der Waals surface area contributed by atoms with Crippen LogP contribution in [-0.4, -0.2) is 19.9 Å². The molecular weight excluding hydrogens is 897 g/mol. The van der Waals surface area contributed by atoms with Crippen LogP contribution in [0.5, 0.6) is 0 Å². The van der Waals surface area contributed by atoms with Gasteiger partial charge in [0, 0.05) is 38.4 Å². The van der Waals surface area contributed by atoms with E-state index >= 15 is 0 Å². The average Bonchev–Trinajstić information content (AvgIpc) is 3.51. The molecule has 2 heterocycles. The first kappa shape index (κ1) is 41.8. The Labute approximate surface area is 426 Å².